The van der Waals surface area contributed by atoms with E-state index in [-0.39, 0.29) is 12.4 Å². The van der Waals surface area contributed by atoms with Crippen molar-refractivity contribution in [3.05, 3.63) is 59.9 Å². The molecule has 1 saturated heterocycles. The third-order valence-electron chi connectivity index (χ3n) is 7.64. The Morgan fingerprint density at radius 1 is 1.06 bits per heavy atom. The predicted molar refractivity (Wildman–Crippen MR) is 131 cm³/mol. The second-order valence-electron chi connectivity index (χ2n) is 9.44. The van der Waals surface area contributed by atoms with E-state index < -0.39 is 0 Å². The molecule has 180 valence electrons. The molecule has 1 aromatic carbocycles. The number of aromatic nitrogens is 4. The molecule has 2 aliphatic heterocycles. The molecule has 0 bridgehead atoms. The molecule has 5 rings (SSSR count). The standard InChI is InChI=1S/C26H33FN6O/c1-3-18(4-2)23-15-33(24-13-19(27)5-6-22(23)24)21-9-11-31(12-10-21)25-7-8-26(30-29-25)32-14-20(16-34)28-17-32/h5-8,13-14,17-18,21,23,34H,3-4,9-12,15-16H2,1-2H3. The molecule has 3 aromatic rings. The SMILES string of the molecule is CCC(CC)C1CN(C2CCN(c3ccc(-n4cnc(CO)c4)nn3)CC2)c2cc(F)ccc21. The zero-order valence-electron chi connectivity index (χ0n) is 19.9. The topological polar surface area (TPSA) is 70.3 Å². The summed E-state index contributed by atoms with van der Waals surface area (Å²) < 4.78 is 15.9. The molecule has 0 saturated carbocycles. The number of hydrogen-bond donors (Lipinski definition) is 1. The Labute approximate surface area is 200 Å². The number of benzene rings is 1. The van der Waals surface area contributed by atoms with Crippen LogP contribution < -0.4 is 9.80 Å². The molecule has 7 nitrogen and oxygen atoms in total. The Bertz CT molecular complexity index is 1100. The Morgan fingerprint density at radius 3 is 2.44 bits per heavy atom. The molecule has 2 aliphatic rings. The van der Waals surface area contributed by atoms with Crippen LogP contribution in [0.3, 0.4) is 0 Å². The first-order valence-corrected chi connectivity index (χ1v) is 12.4. The van der Waals surface area contributed by atoms with E-state index >= 15 is 0 Å². The second-order valence-corrected chi connectivity index (χ2v) is 9.44. The number of imidazole rings is 1. The monoisotopic (exact) mass is 464 g/mol. The van der Waals surface area contributed by atoms with E-state index in [1.54, 1.807) is 29.2 Å². The Hall–Kier alpha value is -3.00. The zero-order valence-corrected chi connectivity index (χ0v) is 19.9. The van der Waals surface area contributed by atoms with E-state index in [0.29, 0.717) is 29.4 Å². The van der Waals surface area contributed by atoms with E-state index in [2.05, 4.69) is 38.8 Å². The van der Waals surface area contributed by atoms with Crippen molar-refractivity contribution in [2.24, 2.45) is 5.92 Å². The summed E-state index contributed by atoms with van der Waals surface area (Å²) in [5, 5.41) is 18.0. The fourth-order valence-corrected chi connectivity index (χ4v) is 5.70. The minimum Gasteiger partial charge on any atom is -0.390 e. The highest BCUT2D eigenvalue weighted by atomic mass is 19.1. The summed E-state index contributed by atoms with van der Waals surface area (Å²) in [6.45, 7) is 7.22. The maximum atomic E-state index is 14.2. The van der Waals surface area contributed by atoms with Crippen LogP contribution in [0.5, 0.6) is 0 Å². The molecule has 8 heteroatoms. The van der Waals surface area contributed by atoms with E-state index in [4.69, 9.17) is 0 Å². The number of halogens is 1. The number of hydrogen-bond acceptors (Lipinski definition) is 6. The van der Waals surface area contributed by atoms with Crippen LogP contribution in [0.15, 0.2) is 42.9 Å². The molecule has 1 N–H and O–H groups in total. The predicted octanol–water partition coefficient (Wildman–Crippen LogP) is 4.30. The van der Waals surface area contributed by atoms with Crippen molar-refractivity contribution in [3.8, 4) is 5.82 Å². The lowest BCUT2D eigenvalue weighted by Crippen LogP contribution is -2.45. The van der Waals surface area contributed by atoms with E-state index in [0.717, 1.165) is 56.8 Å². The molecule has 4 heterocycles. The van der Waals surface area contributed by atoms with Crippen molar-refractivity contribution in [2.75, 3.05) is 29.4 Å². The molecule has 1 atom stereocenters. The van der Waals surface area contributed by atoms with E-state index in [1.165, 1.54) is 5.56 Å². The highest BCUT2D eigenvalue weighted by Crippen LogP contribution is 2.44. The lowest BCUT2D eigenvalue weighted by molar-refractivity contribution is 0.277. The second kappa shape index (κ2) is 9.70. The number of anilines is 2. The van der Waals surface area contributed by atoms with Gasteiger partial charge in [-0.15, -0.1) is 10.2 Å². The van der Waals surface area contributed by atoms with Crippen LogP contribution in [-0.4, -0.2) is 50.5 Å². The highest BCUT2D eigenvalue weighted by Gasteiger charge is 2.37. The van der Waals surface area contributed by atoms with Gasteiger partial charge in [-0.05, 0) is 48.6 Å². The van der Waals surface area contributed by atoms with Gasteiger partial charge in [0, 0.05) is 43.5 Å². The number of aliphatic hydroxyl groups excluding tert-OH is 1. The smallest absolute Gasteiger partial charge is 0.160 e. The number of aliphatic hydroxyl groups is 1. The fraction of sp³-hybridized carbons (Fsp3) is 0.500. The van der Waals surface area contributed by atoms with E-state index in [1.807, 2.05) is 18.2 Å². The summed E-state index contributed by atoms with van der Waals surface area (Å²) in [5.41, 5.74) is 3.02. The fourth-order valence-electron chi connectivity index (χ4n) is 5.70. The third-order valence-corrected chi connectivity index (χ3v) is 7.64. The highest BCUT2D eigenvalue weighted by molar-refractivity contribution is 5.61. The van der Waals surface area contributed by atoms with Crippen molar-refractivity contribution in [1.29, 1.82) is 0 Å². The first kappa shape index (κ1) is 22.8. The largest absolute Gasteiger partial charge is 0.390 e. The first-order valence-electron chi connectivity index (χ1n) is 12.4. The van der Waals surface area contributed by atoms with Gasteiger partial charge < -0.3 is 14.9 Å². The van der Waals surface area contributed by atoms with Gasteiger partial charge in [-0.1, -0.05) is 32.8 Å². The van der Waals surface area contributed by atoms with Crippen molar-refractivity contribution >= 4 is 11.5 Å². The van der Waals surface area contributed by atoms with Gasteiger partial charge in [0.25, 0.3) is 0 Å². The van der Waals surface area contributed by atoms with Gasteiger partial charge in [-0.2, -0.15) is 0 Å². The van der Waals surface area contributed by atoms with Crippen LogP contribution in [0.2, 0.25) is 0 Å². The van der Waals surface area contributed by atoms with Crippen LogP contribution in [0.25, 0.3) is 5.82 Å². The molecular weight excluding hydrogens is 431 g/mol. The van der Waals surface area contributed by atoms with E-state index in [9.17, 15) is 9.50 Å². The Balaban J connectivity index is 1.27. The molecule has 0 amide bonds. The molecule has 1 fully saturated rings. The average molecular weight is 465 g/mol. The van der Waals surface area contributed by atoms with Crippen molar-refractivity contribution in [3.63, 3.8) is 0 Å². The molecule has 0 spiro atoms. The molecule has 0 aliphatic carbocycles. The van der Waals surface area contributed by atoms with Gasteiger partial charge in [0.2, 0.25) is 0 Å². The molecular formula is C26H33FN6O. The van der Waals surface area contributed by atoms with Crippen LogP contribution in [0.4, 0.5) is 15.9 Å². The van der Waals surface area contributed by atoms with Crippen LogP contribution in [0, 0.1) is 11.7 Å². The summed E-state index contributed by atoms with van der Waals surface area (Å²) in [7, 11) is 0. The Morgan fingerprint density at radius 2 is 1.79 bits per heavy atom. The molecule has 1 unspecified atom stereocenters. The summed E-state index contributed by atoms with van der Waals surface area (Å²) in [4.78, 5) is 8.88. The van der Waals surface area contributed by atoms with Crippen LogP contribution in [-0.2, 0) is 6.61 Å². The summed E-state index contributed by atoms with van der Waals surface area (Å²) in [6, 6.07) is 9.71. The number of rotatable bonds is 7. The lowest BCUT2D eigenvalue weighted by atomic mass is 9.84. The van der Waals surface area contributed by atoms with Gasteiger partial charge in [0.05, 0.1) is 12.3 Å². The van der Waals surface area contributed by atoms with Crippen molar-refractivity contribution < 1.29 is 9.50 Å². The van der Waals surface area contributed by atoms with Crippen molar-refractivity contribution in [2.45, 2.75) is 58.1 Å². The molecule has 2 aromatic heterocycles. The van der Waals surface area contributed by atoms with Gasteiger partial charge in [-0.3, -0.25) is 4.57 Å². The summed E-state index contributed by atoms with van der Waals surface area (Å²) in [6.07, 6.45) is 7.71. The maximum Gasteiger partial charge on any atom is 0.160 e. The minimum absolute atomic E-state index is 0.0973. The van der Waals surface area contributed by atoms with Crippen molar-refractivity contribution in [1.82, 2.24) is 19.7 Å². The zero-order chi connectivity index (χ0) is 23.7. The van der Waals surface area contributed by atoms with Gasteiger partial charge in [0.1, 0.15) is 12.1 Å². The molecule has 34 heavy (non-hydrogen) atoms. The maximum absolute atomic E-state index is 14.2. The van der Waals surface area contributed by atoms with Gasteiger partial charge in [0.15, 0.2) is 11.6 Å². The summed E-state index contributed by atoms with van der Waals surface area (Å²) in [5.74, 6) is 2.51. The number of nitrogens with zero attached hydrogens (tertiary/aromatic N) is 6. The Kier molecular flexibility index (Phi) is 6.50. The lowest BCUT2D eigenvalue weighted by Gasteiger charge is -2.38. The number of fused-ring (bicyclic) bond motifs is 1. The normalized spacial score (nSPS) is 18.7. The van der Waals surface area contributed by atoms with Crippen LogP contribution in [0.1, 0.15) is 56.7 Å². The summed E-state index contributed by atoms with van der Waals surface area (Å²) >= 11 is 0. The third kappa shape index (κ3) is 4.27. The van der Waals surface area contributed by atoms with Gasteiger partial charge >= 0.3 is 0 Å². The minimum atomic E-state index is -0.147. The average Bonchev–Trinajstić information content (AvgIpc) is 3.50. The van der Waals surface area contributed by atoms with Crippen LogP contribution >= 0.6 is 0 Å². The number of piperidine rings is 1. The first-order chi connectivity index (χ1) is 16.6. The quantitative estimate of drug-likeness (QED) is 0.562. The molecule has 0 radical (unpaired) electrons. The van der Waals surface area contributed by atoms with Gasteiger partial charge in [-0.25, -0.2) is 9.37 Å².